The highest BCUT2D eigenvalue weighted by Crippen LogP contribution is 2.22. The van der Waals surface area contributed by atoms with E-state index in [0.29, 0.717) is 0 Å². The minimum Gasteiger partial charge on any atom is -0.379 e. The van der Waals surface area contributed by atoms with Crippen molar-refractivity contribution in [3.05, 3.63) is 60.7 Å². The molecule has 21 heavy (non-hydrogen) atoms. The summed E-state index contributed by atoms with van der Waals surface area (Å²) in [6.45, 7) is 2.26. The van der Waals surface area contributed by atoms with E-state index in [1.54, 1.807) is 21.3 Å². The van der Waals surface area contributed by atoms with Crippen molar-refractivity contribution in [2.24, 2.45) is 0 Å². The minimum atomic E-state index is -2.81. The van der Waals surface area contributed by atoms with Gasteiger partial charge in [-0.1, -0.05) is 67.2 Å². The molecule has 0 aliphatic rings. The van der Waals surface area contributed by atoms with Gasteiger partial charge < -0.3 is 13.3 Å². The third-order valence-electron chi connectivity index (χ3n) is 4.12. The molecule has 0 bridgehead atoms. The average Bonchev–Trinajstić information content (AvgIpc) is 2.58. The minimum absolute atomic E-state index is 1.26. The monoisotopic (exact) mass is 318 g/mol. The Morgan fingerprint density at radius 2 is 0.952 bits per heavy atom. The molecule has 5 heteroatoms. The van der Waals surface area contributed by atoms with E-state index in [-0.39, 0.29) is 0 Å². The van der Waals surface area contributed by atoms with Crippen molar-refractivity contribution in [3.8, 4) is 0 Å². The third-order valence-corrected chi connectivity index (χ3v) is 17.2. The van der Waals surface area contributed by atoms with Crippen LogP contribution in [0.15, 0.2) is 60.7 Å². The predicted molar refractivity (Wildman–Crippen MR) is 90.6 cm³/mol. The van der Waals surface area contributed by atoms with Gasteiger partial charge in [-0.3, -0.25) is 0 Å². The topological polar surface area (TPSA) is 27.7 Å². The normalized spacial score (nSPS) is 12.4. The molecule has 0 N–H and O–H groups in total. The lowest BCUT2D eigenvalue weighted by molar-refractivity contribution is 0.146. The van der Waals surface area contributed by atoms with Crippen LogP contribution in [0.2, 0.25) is 6.55 Å². The highest BCUT2D eigenvalue weighted by atomic mass is 29.3. The van der Waals surface area contributed by atoms with Crippen LogP contribution in [-0.2, 0) is 13.3 Å². The molecular weight excluding hydrogens is 296 g/mol. The van der Waals surface area contributed by atoms with Crippen LogP contribution in [0.4, 0.5) is 0 Å². The molecule has 0 heterocycles. The summed E-state index contributed by atoms with van der Waals surface area (Å²) in [5, 5.41) is 2.52. The van der Waals surface area contributed by atoms with Gasteiger partial charge in [-0.2, -0.15) is 0 Å². The third kappa shape index (κ3) is 2.63. The lowest BCUT2D eigenvalue weighted by Gasteiger charge is -2.40. The predicted octanol–water partition coefficient (Wildman–Crippen LogP) is 1.84. The highest BCUT2D eigenvalue weighted by Gasteiger charge is 2.60. The van der Waals surface area contributed by atoms with Gasteiger partial charge in [0.2, 0.25) is 7.59 Å². The molecule has 0 aromatic heterocycles. The maximum atomic E-state index is 5.87. The smallest absolute Gasteiger partial charge is 0.379 e. The summed E-state index contributed by atoms with van der Waals surface area (Å²) in [7, 11) is -0.0505. The first-order valence-electron chi connectivity index (χ1n) is 6.91. The quantitative estimate of drug-likeness (QED) is 0.761. The zero-order valence-corrected chi connectivity index (χ0v) is 15.0. The summed E-state index contributed by atoms with van der Waals surface area (Å²) in [6, 6.07) is 20.9. The van der Waals surface area contributed by atoms with Crippen molar-refractivity contribution < 1.29 is 13.3 Å². The molecule has 0 aliphatic heterocycles. The second-order valence-electron chi connectivity index (χ2n) is 5.03. The van der Waals surface area contributed by atoms with Gasteiger partial charge >= 0.3 is 8.32 Å². The molecule has 0 saturated carbocycles. The van der Waals surface area contributed by atoms with Gasteiger partial charge in [0, 0.05) is 21.3 Å². The zero-order chi connectivity index (χ0) is 15.3. The first kappa shape index (κ1) is 16.1. The Hall–Kier alpha value is -1.25. The van der Waals surface area contributed by atoms with Crippen molar-refractivity contribution in [1.29, 1.82) is 0 Å². The summed E-state index contributed by atoms with van der Waals surface area (Å²) in [6.07, 6.45) is 0. The van der Waals surface area contributed by atoms with E-state index in [0.717, 1.165) is 0 Å². The first-order chi connectivity index (χ1) is 10.1. The molecule has 0 saturated heterocycles. The molecule has 0 amide bonds. The second kappa shape index (κ2) is 6.68. The number of benzene rings is 2. The number of hydrogen-bond donors (Lipinski definition) is 0. The fourth-order valence-corrected chi connectivity index (χ4v) is 14.2. The lowest BCUT2D eigenvalue weighted by atomic mass is 10.4. The lowest BCUT2D eigenvalue weighted by Crippen LogP contribution is -2.78. The molecule has 2 aromatic rings. The molecule has 2 aromatic carbocycles. The van der Waals surface area contributed by atoms with Gasteiger partial charge in [0.15, 0.2) is 0 Å². The Kier molecular flexibility index (Phi) is 5.13. The van der Waals surface area contributed by atoms with Crippen LogP contribution in [0.3, 0.4) is 0 Å². The van der Waals surface area contributed by atoms with Gasteiger partial charge in [-0.05, 0) is 10.4 Å². The number of hydrogen-bond acceptors (Lipinski definition) is 3. The summed E-state index contributed by atoms with van der Waals surface area (Å²) in [4.78, 5) is 0. The van der Waals surface area contributed by atoms with E-state index >= 15 is 0 Å². The van der Waals surface area contributed by atoms with Gasteiger partial charge in [0.25, 0.3) is 0 Å². The maximum Gasteiger partial charge on any atom is 0.480 e. The fourth-order valence-electron chi connectivity index (χ4n) is 2.93. The molecule has 2 rings (SSSR count). The van der Waals surface area contributed by atoms with E-state index < -0.39 is 15.9 Å². The van der Waals surface area contributed by atoms with E-state index in [1.807, 2.05) is 12.1 Å². The van der Waals surface area contributed by atoms with Gasteiger partial charge in [-0.25, -0.2) is 0 Å². The summed E-state index contributed by atoms with van der Waals surface area (Å²) in [5.74, 6) is 0. The van der Waals surface area contributed by atoms with Crippen LogP contribution in [0.25, 0.3) is 0 Å². The van der Waals surface area contributed by atoms with Crippen molar-refractivity contribution in [2.45, 2.75) is 6.55 Å². The SMILES string of the molecule is CO[Si](OC)(OC)[Si](C)(c1ccccc1)c1ccccc1. The maximum absolute atomic E-state index is 5.87. The van der Waals surface area contributed by atoms with Crippen LogP contribution in [0.5, 0.6) is 0 Å². The Morgan fingerprint density at radius 3 is 1.24 bits per heavy atom. The molecule has 0 fully saturated rings. The van der Waals surface area contributed by atoms with E-state index in [2.05, 4.69) is 55.1 Å². The van der Waals surface area contributed by atoms with Crippen LogP contribution < -0.4 is 10.4 Å². The molecular formula is C16H22O3Si2. The van der Waals surface area contributed by atoms with E-state index in [4.69, 9.17) is 13.3 Å². The molecule has 0 unspecified atom stereocenters. The van der Waals surface area contributed by atoms with Crippen LogP contribution in [0.1, 0.15) is 0 Å². The summed E-state index contributed by atoms with van der Waals surface area (Å²) < 4.78 is 17.6. The first-order valence-corrected chi connectivity index (χ1v) is 12.1. The number of rotatable bonds is 6. The summed E-state index contributed by atoms with van der Waals surface area (Å²) in [5.41, 5.74) is 0. The standard InChI is InChI=1S/C16H22O3Si2/c1-17-21(18-2,19-3)20(4,15-11-7-5-8-12-15)16-13-9-6-10-14-16/h5-14H,1-4H3. The molecule has 0 radical (unpaired) electrons. The summed E-state index contributed by atoms with van der Waals surface area (Å²) >= 11 is 0. The van der Waals surface area contributed by atoms with Crippen molar-refractivity contribution in [3.63, 3.8) is 0 Å². The molecule has 3 nitrogen and oxygen atoms in total. The Labute approximate surface area is 128 Å². The van der Waals surface area contributed by atoms with Crippen molar-refractivity contribution >= 4 is 26.3 Å². The van der Waals surface area contributed by atoms with Crippen LogP contribution >= 0.6 is 0 Å². The van der Waals surface area contributed by atoms with Crippen LogP contribution in [0, 0.1) is 0 Å². The Morgan fingerprint density at radius 1 is 0.619 bits per heavy atom. The zero-order valence-electron chi connectivity index (χ0n) is 13.0. The molecule has 0 spiro atoms. The van der Waals surface area contributed by atoms with Crippen molar-refractivity contribution in [2.75, 3.05) is 21.3 Å². The van der Waals surface area contributed by atoms with E-state index in [1.165, 1.54) is 10.4 Å². The van der Waals surface area contributed by atoms with E-state index in [9.17, 15) is 0 Å². The van der Waals surface area contributed by atoms with Gasteiger partial charge in [0.05, 0.1) is 0 Å². The molecule has 0 atom stereocenters. The Balaban J connectivity index is 2.71. The van der Waals surface area contributed by atoms with Crippen LogP contribution in [-0.4, -0.2) is 37.2 Å². The molecule has 112 valence electrons. The highest BCUT2D eigenvalue weighted by molar-refractivity contribution is 7.45. The van der Waals surface area contributed by atoms with Crippen molar-refractivity contribution in [1.82, 2.24) is 0 Å². The average molecular weight is 319 g/mol. The molecule has 0 aliphatic carbocycles. The Bertz CT molecular complexity index is 508. The largest absolute Gasteiger partial charge is 0.480 e. The second-order valence-corrected chi connectivity index (χ2v) is 15.6. The van der Waals surface area contributed by atoms with Gasteiger partial charge in [-0.15, -0.1) is 0 Å². The van der Waals surface area contributed by atoms with Gasteiger partial charge in [0.1, 0.15) is 0 Å². The fraction of sp³-hybridized carbons (Fsp3) is 0.250.